The van der Waals surface area contributed by atoms with E-state index in [9.17, 15) is 9.90 Å². The second-order valence-electron chi connectivity index (χ2n) is 2.25. The van der Waals surface area contributed by atoms with Gasteiger partial charge in [0.1, 0.15) is 12.0 Å². The highest BCUT2D eigenvalue weighted by Gasteiger charge is 2.02. The summed E-state index contributed by atoms with van der Waals surface area (Å²) in [6.45, 7) is 0. The maximum absolute atomic E-state index is 10.8. The lowest BCUT2D eigenvalue weighted by molar-refractivity contribution is -0.110. The average Bonchev–Trinajstić information content (AvgIpc) is 2.09. The predicted molar refractivity (Wildman–Crippen MR) is 47.0 cm³/mol. The number of nitrogens with one attached hydrogen (secondary N) is 1. The number of para-hydroxylation sites is 2. The molecule has 5 nitrogen and oxygen atoms in total. The predicted octanol–water partition coefficient (Wildman–Crippen LogP) is 0.791. The van der Waals surface area contributed by atoms with E-state index in [0.29, 0.717) is 6.21 Å². The summed E-state index contributed by atoms with van der Waals surface area (Å²) in [5, 5.41) is 22.1. The molecule has 0 aliphatic rings. The van der Waals surface area contributed by atoms with E-state index in [4.69, 9.17) is 5.21 Å². The number of oxime groups is 1. The summed E-state index contributed by atoms with van der Waals surface area (Å²) < 4.78 is 0. The number of nitrogens with zero attached hydrogens (tertiary/aromatic N) is 1. The third-order valence-corrected chi connectivity index (χ3v) is 1.34. The SMILES string of the molecule is O=C(/C=N/O)Nc1ccccc1O. The molecule has 0 radical (unpaired) electrons. The van der Waals surface area contributed by atoms with Crippen molar-refractivity contribution in [3.63, 3.8) is 0 Å². The lowest BCUT2D eigenvalue weighted by atomic mass is 10.3. The summed E-state index contributed by atoms with van der Waals surface area (Å²) in [6.07, 6.45) is 0.701. The number of carbonyl (C=O) groups excluding carboxylic acids is 1. The number of amides is 1. The molecule has 13 heavy (non-hydrogen) atoms. The van der Waals surface area contributed by atoms with Crippen molar-refractivity contribution in [2.24, 2.45) is 5.16 Å². The molecule has 0 aromatic heterocycles. The van der Waals surface area contributed by atoms with E-state index in [1.54, 1.807) is 12.1 Å². The van der Waals surface area contributed by atoms with Gasteiger partial charge in [-0.1, -0.05) is 17.3 Å². The number of hydrogen-bond acceptors (Lipinski definition) is 4. The van der Waals surface area contributed by atoms with Gasteiger partial charge < -0.3 is 15.6 Å². The molecule has 0 bridgehead atoms. The summed E-state index contributed by atoms with van der Waals surface area (Å²) in [7, 11) is 0. The van der Waals surface area contributed by atoms with Gasteiger partial charge in [0.2, 0.25) is 0 Å². The van der Waals surface area contributed by atoms with Crippen molar-refractivity contribution in [1.29, 1.82) is 0 Å². The van der Waals surface area contributed by atoms with Gasteiger partial charge in [-0.05, 0) is 12.1 Å². The molecule has 0 spiro atoms. The number of aromatic hydroxyl groups is 1. The fourth-order valence-corrected chi connectivity index (χ4v) is 0.797. The Morgan fingerprint density at radius 1 is 1.46 bits per heavy atom. The van der Waals surface area contributed by atoms with Gasteiger partial charge in [-0.3, -0.25) is 4.79 Å². The van der Waals surface area contributed by atoms with Crippen LogP contribution in [0.1, 0.15) is 0 Å². The van der Waals surface area contributed by atoms with Crippen molar-refractivity contribution in [2.45, 2.75) is 0 Å². The van der Waals surface area contributed by atoms with E-state index < -0.39 is 5.91 Å². The molecule has 0 heterocycles. The Morgan fingerprint density at radius 3 is 2.77 bits per heavy atom. The first-order valence-electron chi connectivity index (χ1n) is 3.50. The van der Waals surface area contributed by atoms with Crippen molar-refractivity contribution in [2.75, 3.05) is 5.32 Å². The molecule has 1 aromatic carbocycles. The van der Waals surface area contributed by atoms with Crippen LogP contribution < -0.4 is 5.32 Å². The molecule has 3 N–H and O–H groups in total. The molecule has 5 heteroatoms. The summed E-state index contributed by atoms with van der Waals surface area (Å²) >= 11 is 0. The van der Waals surface area contributed by atoms with Crippen LogP contribution in [0.4, 0.5) is 5.69 Å². The van der Waals surface area contributed by atoms with E-state index in [1.165, 1.54) is 12.1 Å². The number of phenolic OH excluding ortho intramolecular Hbond substituents is 1. The van der Waals surface area contributed by atoms with Crippen LogP contribution in [0.2, 0.25) is 0 Å². The molecule has 0 atom stereocenters. The third kappa shape index (κ3) is 2.48. The summed E-state index contributed by atoms with van der Waals surface area (Å²) in [4.78, 5) is 10.8. The van der Waals surface area contributed by atoms with Crippen LogP contribution in [0.15, 0.2) is 29.4 Å². The fourth-order valence-electron chi connectivity index (χ4n) is 0.797. The van der Waals surface area contributed by atoms with Crippen molar-refractivity contribution in [1.82, 2.24) is 0 Å². The van der Waals surface area contributed by atoms with Crippen molar-refractivity contribution < 1.29 is 15.1 Å². The van der Waals surface area contributed by atoms with Crippen LogP contribution in [0.3, 0.4) is 0 Å². The Labute approximate surface area is 74.3 Å². The molecular formula is C8H8N2O3. The first-order valence-corrected chi connectivity index (χ1v) is 3.50. The first-order chi connectivity index (χ1) is 6.24. The second-order valence-corrected chi connectivity index (χ2v) is 2.25. The Balaban J connectivity index is 2.74. The maximum atomic E-state index is 10.8. The van der Waals surface area contributed by atoms with E-state index in [2.05, 4.69) is 10.5 Å². The smallest absolute Gasteiger partial charge is 0.270 e. The Kier molecular flexibility index (Phi) is 2.86. The second kappa shape index (κ2) is 4.10. The lowest BCUT2D eigenvalue weighted by Crippen LogP contribution is -2.12. The molecule has 0 saturated heterocycles. The molecule has 0 unspecified atom stereocenters. The molecule has 1 aromatic rings. The zero-order valence-electron chi connectivity index (χ0n) is 6.64. The standard InChI is InChI=1S/C8H8N2O3/c11-7-4-2-1-3-6(7)10-8(12)5-9-13/h1-5,11,13H,(H,10,12)/b9-5+. The summed E-state index contributed by atoms with van der Waals surface area (Å²) in [5.41, 5.74) is 0.271. The van der Waals surface area contributed by atoms with Crippen LogP contribution in [-0.2, 0) is 4.79 Å². The minimum absolute atomic E-state index is 0.0396. The van der Waals surface area contributed by atoms with E-state index in [1.807, 2.05) is 0 Å². The molecule has 0 fully saturated rings. The highest BCUT2D eigenvalue weighted by Crippen LogP contribution is 2.20. The van der Waals surface area contributed by atoms with Crippen molar-refractivity contribution in [3.05, 3.63) is 24.3 Å². The topological polar surface area (TPSA) is 81.9 Å². The Morgan fingerprint density at radius 2 is 2.15 bits per heavy atom. The quantitative estimate of drug-likeness (QED) is 0.272. The highest BCUT2D eigenvalue weighted by atomic mass is 16.4. The number of rotatable bonds is 2. The monoisotopic (exact) mass is 180 g/mol. The molecule has 0 aliphatic heterocycles. The third-order valence-electron chi connectivity index (χ3n) is 1.34. The number of anilines is 1. The van der Waals surface area contributed by atoms with Crippen LogP contribution in [0, 0.1) is 0 Å². The van der Waals surface area contributed by atoms with Gasteiger partial charge >= 0.3 is 0 Å². The van der Waals surface area contributed by atoms with Gasteiger partial charge in [0.15, 0.2) is 0 Å². The van der Waals surface area contributed by atoms with Gasteiger partial charge in [-0.15, -0.1) is 0 Å². The zero-order valence-corrected chi connectivity index (χ0v) is 6.64. The normalized spacial score (nSPS) is 10.2. The van der Waals surface area contributed by atoms with Crippen molar-refractivity contribution in [3.8, 4) is 5.75 Å². The first kappa shape index (κ1) is 9.05. The molecule has 0 saturated carbocycles. The van der Waals surface area contributed by atoms with Gasteiger partial charge in [0.05, 0.1) is 5.69 Å². The fraction of sp³-hybridized carbons (Fsp3) is 0. The van der Waals surface area contributed by atoms with E-state index in [-0.39, 0.29) is 11.4 Å². The minimum atomic E-state index is -0.607. The maximum Gasteiger partial charge on any atom is 0.270 e. The number of phenols is 1. The molecular weight excluding hydrogens is 172 g/mol. The molecule has 0 aliphatic carbocycles. The molecule has 1 rings (SSSR count). The molecule has 68 valence electrons. The van der Waals surface area contributed by atoms with Crippen LogP contribution >= 0.6 is 0 Å². The van der Waals surface area contributed by atoms with Gasteiger partial charge in [-0.2, -0.15) is 0 Å². The van der Waals surface area contributed by atoms with Gasteiger partial charge in [0, 0.05) is 0 Å². The van der Waals surface area contributed by atoms with Crippen LogP contribution in [0.25, 0.3) is 0 Å². The van der Waals surface area contributed by atoms with Crippen molar-refractivity contribution >= 4 is 17.8 Å². The van der Waals surface area contributed by atoms with E-state index >= 15 is 0 Å². The number of carbonyl (C=O) groups is 1. The van der Waals surface area contributed by atoms with Gasteiger partial charge in [-0.25, -0.2) is 0 Å². The molecule has 1 amide bonds. The zero-order chi connectivity index (χ0) is 9.68. The van der Waals surface area contributed by atoms with Crippen LogP contribution in [0.5, 0.6) is 5.75 Å². The number of benzene rings is 1. The summed E-state index contributed by atoms with van der Waals surface area (Å²) in [5.74, 6) is -0.647. The Bertz CT molecular complexity index is 336. The lowest BCUT2D eigenvalue weighted by Gasteiger charge is -2.02. The van der Waals surface area contributed by atoms with E-state index in [0.717, 1.165) is 0 Å². The van der Waals surface area contributed by atoms with Gasteiger partial charge in [0.25, 0.3) is 5.91 Å². The Hall–Kier alpha value is -2.04. The minimum Gasteiger partial charge on any atom is -0.506 e. The summed E-state index contributed by atoms with van der Waals surface area (Å²) in [6, 6.07) is 6.25. The highest BCUT2D eigenvalue weighted by molar-refractivity contribution is 6.31. The largest absolute Gasteiger partial charge is 0.506 e. The average molecular weight is 180 g/mol. The number of hydrogen-bond donors (Lipinski definition) is 3. The van der Waals surface area contributed by atoms with Crippen LogP contribution in [-0.4, -0.2) is 22.4 Å².